The number of alkyl halides is 1. The summed E-state index contributed by atoms with van der Waals surface area (Å²) < 4.78 is 0. The normalized spacial score (nSPS) is 12.4. The Kier molecular flexibility index (Phi) is 3.74. The molecule has 0 aliphatic heterocycles. The van der Waals surface area contributed by atoms with E-state index < -0.39 is 0 Å². The van der Waals surface area contributed by atoms with Crippen molar-refractivity contribution in [3.05, 3.63) is 42.1 Å². The smallest absolute Gasteiger partial charge is 0.253 e. The van der Waals surface area contributed by atoms with Crippen molar-refractivity contribution in [3.63, 3.8) is 0 Å². The van der Waals surface area contributed by atoms with E-state index in [4.69, 9.17) is 0 Å². The van der Waals surface area contributed by atoms with Gasteiger partial charge < -0.3 is 5.32 Å². The molecule has 0 saturated carbocycles. The predicted molar refractivity (Wildman–Crippen MR) is 72.5 cm³/mol. The lowest BCUT2D eigenvalue weighted by atomic mass is 10.1. The van der Waals surface area contributed by atoms with Gasteiger partial charge in [-0.05, 0) is 19.1 Å². The number of hydrogen-bond acceptors (Lipinski definition) is 2. The van der Waals surface area contributed by atoms with E-state index in [1.807, 2.05) is 31.2 Å². The topological polar surface area (TPSA) is 42.0 Å². The van der Waals surface area contributed by atoms with Crippen LogP contribution in [-0.4, -0.2) is 22.3 Å². The van der Waals surface area contributed by atoms with E-state index in [2.05, 4.69) is 26.2 Å². The molecule has 1 amide bonds. The largest absolute Gasteiger partial charge is 0.349 e. The van der Waals surface area contributed by atoms with Crippen LogP contribution in [0, 0.1) is 0 Å². The molecule has 3 nitrogen and oxygen atoms in total. The van der Waals surface area contributed by atoms with E-state index in [9.17, 15) is 4.79 Å². The fourth-order valence-corrected chi connectivity index (χ4v) is 1.79. The molecule has 4 heteroatoms. The van der Waals surface area contributed by atoms with Gasteiger partial charge >= 0.3 is 0 Å². The Balaban J connectivity index is 2.38. The molecule has 17 heavy (non-hydrogen) atoms. The van der Waals surface area contributed by atoms with Gasteiger partial charge in [0.1, 0.15) is 0 Å². The summed E-state index contributed by atoms with van der Waals surface area (Å²) in [6, 6.07) is 9.54. The number of carbonyl (C=O) groups excluding carboxylic acids is 1. The molecular formula is C13H13BrN2O. The number of nitrogens with zero attached hydrogens (tertiary/aromatic N) is 1. The van der Waals surface area contributed by atoms with E-state index >= 15 is 0 Å². The Morgan fingerprint density at radius 1 is 1.41 bits per heavy atom. The number of carbonyl (C=O) groups is 1. The summed E-state index contributed by atoms with van der Waals surface area (Å²) >= 11 is 3.34. The molecule has 1 unspecified atom stereocenters. The van der Waals surface area contributed by atoms with Gasteiger partial charge in [-0.2, -0.15) is 0 Å². The van der Waals surface area contributed by atoms with Crippen LogP contribution in [0.3, 0.4) is 0 Å². The lowest BCUT2D eigenvalue weighted by Gasteiger charge is -2.11. The highest BCUT2D eigenvalue weighted by Gasteiger charge is 2.12. The molecule has 88 valence electrons. The maximum Gasteiger partial charge on any atom is 0.253 e. The standard InChI is InChI=1S/C13H13BrN2O/c1-9(8-14)16-13(17)11-6-2-4-10-5-3-7-15-12(10)11/h2-7,9H,8H2,1H3,(H,16,17). The van der Waals surface area contributed by atoms with Crippen molar-refractivity contribution in [2.24, 2.45) is 0 Å². The molecule has 1 heterocycles. The summed E-state index contributed by atoms with van der Waals surface area (Å²) in [6.45, 7) is 1.95. The Labute approximate surface area is 108 Å². The number of pyridine rings is 1. The minimum atomic E-state index is -0.0822. The number of aromatic nitrogens is 1. The zero-order valence-electron chi connectivity index (χ0n) is 9.48. The summed E-state index contributed by atoms with van der Waals surface area (Å²) in [5.74, 6) is -0.0822. The first-order valence-corrected chi connectivity index (χ1v) is 6.55. The van der Waals surface area contributed by atoms with Crippen LogP contribution in [-0.2, 0) is 0 Å². The Bertz CT molecular complexity index is 536. The number of hydrogen-bond donors (Lipinski definition) is 1. The second kappa shape index (κ2) is 5.27. The van der Waals surface area contributed by atoms with Crippen molar-refractivity contribution < 1.29 is 4.79 Å². The van der Waals surface area contributed by atoms with Crippen LogP contribution in [0.4, 0.5) is 0 Å². The molecule has 1 N–H and O–H groups in total. The molecule has 1 atom stereocenters. The third-order valence-electron chi connectivity index (χ3n) is 2.49. The summed E-state index contributed by atoms with van der Waals surface area (Å²) in [5, 5.41) is 4.62. The molecule has 0 saturated heterocycles. The minimum Gasteiger partial charge on any atom is -0.349 e. The van der Waals surface area contributed by atoms with Crippen molar-refractivity contribution in [2.75, 3.05) is 5.33 Å². The third kappa shape index (κ3) is 2.64. The molecule has 2 aromatic rings. The fourth-order valence-electron chi connectivity index (χ4n) is 1.63. The van der Waals surface area contributed by atoms with Gasteiger partial charge in [0.25, 0.3) is 5.91 Å². The molecule has 0 fully saturated rings. The van der Waals surface area contributed by atoms with Crippen LogP contribution >= 0.6 is 15.9 Å². The average Bonchev–Trinajstić information content (AvgIpc) is 2.37. The van der Waals surface area contributed by atoms with Crippen LogP contribution in [0.1, 0.15) is 17.3 Å². The number of halogens is 1. The van der Waals surface area contributed by atoms with Crippen molar-refractivity contribution in [1.82, 2.24) is 10.3 Å². The van der Waals surface area contributed by atoms with Gasteiger partial charge in [-0.1, -0.05) is 34.1 Å². The summed E-state index contributed by atoms with van der Waals surface area (Å²) in [6.07, 6.45) is 1.70. The molecule has 0 radical (unpaired) electrons. The molecule has 0 aliphatic rings. The summed E-state index contributed by atoms with van der Waals surface area (Å²) in [5.41, 5.74) is 1.37. The maximum absolute atomic E-state index is 12.1. The first kappa shape index (κ1) is 12.0. The van der Waals surface area contributed by atoms with Gasteiger partial charge in [-0.25, -0.2) is 0 Å². The van der Waals surface area contributed by atoms with Crippen LogP contribution in [0.2, 0.25) is 0 Å². The van der Waals surface area contributed by atoms with Crippen LogP contribution in [0.25, 0.3) is 10.9 Å². The molecule has 0 aliphatic carbocycles. The quantitative estimate of drug-likeness (QED) is 0.884. The number of fused-ring (bicyclic) bond motifs is 1. The Morgan fingerprint density at radius 3 is 2.94 bits per heavy atom. The predicted octanol–water partition coefficient (Wildman–Crippen LogP) is 2.75. The van der Waals surface area contributed by atoms with E-state index in [0.717, 1.165) is 16.2 Å². The lowest BCUT2D eigenvalue weighted by Crippen LogP contribution is -2.33. The fraction of sp³-hybridized carbons (Fsp3) is 0.231. The molecular weight excluding hydrogens is 280 g/mol. The molecule has 0 bridgehead atoms. The van der Waals surface area contributed by atoms with Crippen molar-refractivity contribution in [2.45, 2.75) is 13.0 Å². The number of rotatable bonds is 3. The number of nitrogens with one attached hydrogen (secondary N) is 1. The van der Waals surface area contributed by atoms with E-state index in [1.54, 1.807) is 12.3 Å². The first-order valence-electron chi connectivity index (χ1n) is 5.43. The first-order chi connectivity index (χ1) is 8.22. The zero-order valence-corrected chi connectivity index (χ0v) is 11.1. The highest BCUT2D eigenvalue weighted by atomic mass is 79.9. The number of benzene rings is 1. The highest BCUT2D eigenvalue weighted by Crippen LogP contribution is 2.15. The van der Waals surface area contributed by atoms with Crippen LogP contribution in [0.5, 0.6) is 0 Å². The molecule has 1 aromatic carbocycles. The summed E-state index contributed by atoms with van der Waals surface area (Å²) in [4.78, 5) is 16.3. The third-order valence-corrected chi connectivity index (χ3v) is 3.46. The van der Waals surface area contributed by atoms with E-state index in [-0.39, 0.29) is 11.9 Å². The highest BCUT2D eigenvalue weighted by molar-refractivity contribution is 9.09. The SMILES string of the molecule is CC(CBr)NC(=O)c1cccc2cccnc12. The van der Waals surface area contributed by atoms with Gasteiger partial charge in [0.2, 0.25) is 0 Å². The van der Waals surface area contributed by atoms with E-state index in [0.29, 0.717) is 5.56 Å². The number of para-hydroxylation sites is 1. The van der Waals surface area contributed by atoms with Gasteiger partial charge in [0.15, 0.2) is 0 Å². The van der Waals surface area contributed by atoms with Crippen LogP contribution < -0.4 is 5.32 Å². The zero-order chi connectivity index (χ0) is 12.3. The lowest BCUT2D eigenvalue weighted by molar-refractivity contribution is 0.0945. The Hall–Kier alpha value is -1.42. The second-order valence-corrected chi connectivity index (χ2v) is 4.56. The average molecular weight is 293 g/mol. The summed E-state index contributed by atoms with van der Waals surface area (Å²) in [7, 11) is 0. The van der Waals surface area contributed by atoms with Gasteiger partial charge in [0, 0.05) is 23.0 Å². The number of amides is 1. The van der Waals surface area contributed by atoms with Crippen molar-refractivity contribution >= 4 is 32.7 Å². The minimum absolute atomic E-state index is 0.0822. The van der Waals surface area contributed by atoms with Gasteiger partial charge in [-0.3, -0.25) is 9.78 Å². The van der Waals surface area contributed by atoms with Crippen molar-refractivity contribution in [3.8, 4) is 0 Å². The van der Waals surface area contributed by atoms with Crippen molar-refractivity contribution in [1.29, 1.82) is 0 Å². The van der Waals surface area contributed by atoms with Gasteiger partial charge in [0.05, 0.1) is 11.1 Å². The molecule has 2 rings (SSSR count). The molecule has 0 spiro atoms. The monoisotopic (exact) mass is 292 g/mol. The second-order valence-electron chi connectivity index (χ2n) is 3.91. The maximum atomic E-state index is 12.1. The van der Waals surface area contributed by atoms with E-state index in [1.165, 1.54) is 0 Å². The Morgan fingerprint density at radius 2 is 2.18 bits per heavy atom. The van der Waals surface area contributed by atoms with Gasteiger partial charge in [-0.15, -0.1) is 0 Å². The van der Waals surface area contributed by atoms with Crippen LogP contribution in [0.15, 0.2) is 36.5 Å². The molecule has 1 aromatic heterocycles.